The molecule has 0 aromatic heterocycles. The molecular weight excluding hydrogens is 196 g/mol. The summed E-state index contributed by atoms with van der Waals surface area (Å²) in [5.41, 5.74) is 1.53. The summed E-state index contributed by atoms with van der Waals surface area (Å²) in [5.74, 6) is 1.42. The van der Waals surface area contributed by atoms with Gasteiger partial charge in [0, 0.05) is 0 Å². The highest BCUT2D eigenvalue weighted by atomic mass is 16.6. The summed E-state index contributed by atoms with van der Waals surface area (Å²) < 4.78 is 6.16. The molecule has 3 unspecified atom stereocenters. The molecule has 2 aliphatic rings. The smallest absolute Gasteiger partial charge is 0.113 e. The first kappa shape index (κ1) is 10.3. The third-order valence-corrected chi connectivity index (χ3v) is 4.59. The molecule has 86 valence electrons. The van der Waals surface area contributed by atoms with E-state index < -0.39 is 0 Å². The highest BCUT2D eigenvalue weighted by Crippen LogP contribution is 2.62. The summed E-state index contributed by atoms with van der Waals surface area (Å²) in [5, 5.41) is 0. The van der Waals surface area contributed by atoms with Gasteiger partial charge in [0.25, 0.3) is 0 Å². The highest BCUT2D eigenvalue weighted by Gasteiger charge is 2.63. The first-order chi connectivity index (χ1) is 7.75. The molecule has 2 fully saturated rings. The van der Waals surface area contributed by atoms with Crippen LogP contribution >= 0.6 is 0 Å². The standard InChI is InChI=1S/C15H20O/c1-11-7-6-8-12(2)15(11)14(16-15)13-9-4-3-5-10-13/h3-5,9-12,14H,6-8H2,1-2H3. The Morgan fingerprint density at radius 2 is 1.69 bits per heavy atom. The van der Waals surface area contributed by atoms with E-state index in [1.54, 1.807) is 0 Å². The van der Waals surface area contributed by atoms with Crippen molar-refractivity contribution in [3.8, 4) is 0 Å². The van der Waals surface area contributed by atoms with Gasteiger partial charge in [-0.3, -0.25) is 0 Å². The lowest BCUT2D eigenvalue weighted by atomic mass is 9.70. The molecular formula is C15H20O. The van der Waals surface area contributed by atoms with Crippen molar-refractivity contribution in [2.75, 3.05) is 0 Å². The number of rotatable bonds is 1. The van der Waals surface area contributed by atoms with Crippen LogP contribution in [0.1, 0.15) is 44.8 Å². The van der Waals surface area contributed by atoms with Crippen molar-refractivity contribution in [3.05, 3.63) is 35.9 Å². The Balaban J connectivity index is 1.87. The Morgan fingerprint density at radius 1 is 1.06 bits per heavy atom. The van der Waals surface area contributed by atoms with Crippen LogP contribution in [0.5, 0.6) is 0 Å². The van der Waals surface area contributed by atoms with Crippen molar-refractivity contribution in [1.82, 2.24) is 0 Å². The van der Waals surface area contributed by atoms with Gasteiger partial charge >= 0.3 is 0 Å². The van der Waals surface area contributed by atoms with E-state index >= 15 is 0 Å². The van der Waals surface area contributed by atoms with E-state index in [1.807, 2.05) is 0 Å². The van der Waals surface area contributed by atoms with Gasteiger partial charge < -0.3 is 4.74 Å². The lowest BCUT2D eigenvalue weighted by Crippen LogP contribution is -2.34. The summed E-state index contributed by atoms with van der Waals surface area (Å²) in [6.45, 7) is 4.72. The molecule has 1 aromatic carbocycles. The zero-order valence-corrected chi connectivity index (χ0v) is 10.1. The Kier molecular flexibility index (Phi) is 2.32. The minimum atomic E-state index is 0.166. The zero-order chi connectivity index (χ0) is 11.2. The van der Waals surface area contributed by atoms with Gasteiger partial charge in [0.1, 0.15) is 11.7 Å². The van der Waals surface area contributed by atoms with Crippen LogP contribution in [0.2, 0.25) is 0 Å². The van der Waals surface area contributed by atoms with Gasteiger partial charge in [-0.2, -0.15) is 0 Å². The summed E-state index contributed by atoms with van der Waals surface area (Å²) in [4.78, 5) is 0. The maximum Gasteiger partial charge on any atom is 0.113 e. The van der Waals surface area contributed by atoms with Gasteiger partial charge in [-0.1, -0.05) is 50.6 Å². The fourth-order valence-corrected chi connectivity index (χ4v) is 3.54. The van der Waals surface area contributed by atoms with Crippen molar-refractivity contribution < 1.29 is 4.74 Å². The molecule has 1 nitrogen and oxygen atoms in total. The first-order valence-electron chi connectivity index (χ1n) is 6.48. The second-order valence-corrected chi connectivity index (χ2v) is 5.50. The molecule has 1 aromatic rings. The third kappa shape index (κ3) is 1.34. The van der Waals surface area contributed by atoms with Crippen LogP contribution in [0.15, 0.2) is 30.3 Å². The van der Waals surface area contributed by atoms with Crippen LogP contribution in [-0.2, 0) is 4.74 Å². The van der Waals surface area contributed by atoms with E-state index in [1.165, 1.54) is 24.8 Å². The van der Waals surface area contributed by atoms with Crippen molar-refractivity contribution in [2.24, 2.45) is 11.8 Å². The minimum Gasteiger partial charge on any atom is -0.360 e. The number of benzene rings is 1. The molecule has 3 rings (SSSR count). The number of hydrogen-bond donors (Lipinski definition) is 0. The maximum absolute atomic E-state index is 6.16. The van der Waals surface area contributed by atoms with Gasteiger partial charge in [-0.05, 0) is 30.2 Å². The monoisotopic (exact) mass is 216 g/mol. The van der Waals surface area contributed by atoms with Gasteiger partial charge in [-0.15, -0.1) is 0 Å². The number of hydrogen-bond acceptors (Lipinski definition) is 1. The predicted molar refractivity (Wildman–Crippen MR) is 65.2 cm³/mol. The zero-order valence-electron chi connectivity index (χ0n) is 10.1. The molecule has 1 spiro atoms. The molecule has 0 radical (unpaired) electrons. The van der Waals surface area contributed by atoms with Crippen LogP contribution in [0.3, 0.4) is 0 Å². The molecule has 16 heavy (non-hydrogen) atoms. The van der Waals surface area contributed by atoms with Gasteiger partial charge in [0.2, 0.25) is 0 Å². The fraction of sp³-hybridized carbons (Fsp3) is 0.600. The first-order valence-corrected chi connectivity index (χ1v) is 6.48. The quantitative estimate of drug-likeness (QED) is 0.647. The molecule has 1 saturated heterocycles. The van der Waals surface area contributed by atoms with Crippen molar-refractivity contribution in [2.45, 2.75) is 44.8 Å². The van der Waals surface area contributed by atoms with E-state index in [-0.39, 0.29) is 5.60 Å². The fourth-order valence-electron chi connectivity index (χ4n) is 3.54. The summed E-state index contributed by atoms with van der Waals surface area (Å²) in [7, 11) is 0. The van der Waals surface area contributed by atoms with Gasteiger partial charge in [-0.25, -0.2) is 0 Å². The van der Waals surface area contributed by atoms with Crippen molar-refractivity contribution in [3.63, 3.8) is 0 Å². The van der Waals surface area contributed by atoms with E-state index in [2.05, 4.69) is 44.2 Å². The maximum atomic E-state index is 6.16. The van der Waals surface area contributed by atoms with E-state index in [9.17, 15) is 0 Å². The second kappa shape index (κ2) is 3.59. The molecule has 0 N–H and O–H groups in total. The molecule has 1 heterocycles. The molecule has 0 amide bonds. The second-order valence-electron chi connectivity index (χ2n) is 5.50. The van der Waals surface area contributed by atoms with E-state index in [0.29, 0.717) is 17.9 Å². The van der Waals surface area contributed by atoms with Crippen LogP contribution < -0.4 is 0 Å². The summed E-state index contributed by atoms with van der Waals surface area (Å²) in [6.07, 6.45) is 4.38. The molecule has 3 atom stereocenters. The van der Waals surface area contributed by atoms with Crippen LogP contribution in [0.4, 0.5) is 0 Å². The highest BCUT2D eigenvalue weighted by molar-refractivity contribution is 5.28. The van der Waals surface area contributed by atoms with Crippen LogP contribution in [0.25, 0.3) is 0 Å². The molecule has 1 heteroatoms. The Bertz CT molecular complexity index is 360. The summed E-state index contributed by atoms with van der Waals surface area (Å²) in [6, 6.07) is 10.7. The normalized spacial score (nSPS) is 42.2. The lowest BCUT2D eigenvalue weighted by molar-refractivity contribution is 0.114. The molecule has 1 aliphatic heterocycles. The van der Waals surface area contributed by atoms with E-state index in [4.69, 9.17) is 4.74 Å². The summed E-state index contributed by atoms with van der Waals surface area (Å²) >= 11 is 0. The number of ether oxygens (including phenoxy) is 1. The van der Waals surface area contributed by atoms with E-state index in [0.717, 1.165) is 0 Å². The van der Waals surface area contributed by atoms with Gasteiger partial charge in [0.15, 0.2) is 0 Å². The molecule has 1 saturated carbocycles. The van der Waals surface area contributed by atoms with Crippen molar-refractivity contribution in [1.29, 1.82) is 0 Å². The van der Waals surface area contributed by atoms with Crippen molar-refractivity contribution >= 4 is 0 Å². The Hall–Kier alpha value is -0.820. The average molecular weight is 216 g/mol. The number of epoxide rings is 1. The largest absolute Gasteiger partial charge is 0.360 e. The van der Waals surface area contributed by atoms with Crippen LogP contribution in [0, 0.1) is 11.8 Å². The molecule has 0 bridgehead atoms. The topological polar surface area (TPSA) is 12.5 Å². The SMILES string of the molecule is CC1CCCC(C)C12OC2c1ccccc1. The molecule has 1 aliphatic carbocycles. The minimum absolute atomic E-state index is 0.166. The average Bonchev–Trinajstić information content (AvgIpc) is 3.04. The lowest BCUT2D eigenvalue weighted by Gasteiger charge is -2.32. The van der Waals surface area contributed by atoms with Crippen LogP contribution in [-0.4, -0.2) is 5.60 Å². The Labute approximate surface area is 97.8 Å². The predicted octanol–water partition coefficient (Wildman–Crippen LogP) is 3.95. The third-order valence-electron chi connectivity index (χ3n) is 4.59. The van der Waals surface area contributed by atoms with Gasteiger partial charge in [0.05, 0.1) is 0 Å². The Morgan fingerprint density at radius 3 is 2.31 bits per heavy atom.